The van der Waals surface area contributed by atoms with Gasteiger partial charge in [0.05, 0.1) is 0 Å². The van der Waals surface area contributed by atoms with Gasteiger partial charge in [-0.1, -0.05) is 80.6 Å². The first-order valence-electron chi connectivity index (χ1n) is 12.7. The van der Waals surface area contributed by atoms with Crippen molar-refractivity contribution < 1.29 is 9.53 Å². The van der Waals surface area contributed by atoms with E-state index in [2.05, 4.69) is 32.2 Å². The number of rotatable bonds is 5. The second kappa shape index (κ2) is 9.04. The van der Waals surface area contributed by atoms with Crippen molar-refractivity contribution in [3.8, 4) is 17.1 Å². The summed E-state index contributed by atoms with van der Waals surface area (Å²) < 4.78 is 8.00. The Morgan fingerprint density at radius 2 is 1.78 bits per heavy atom. The summed E-state index contributed by atoms with van der Waals surface area (Å²) in [6, 6.07) is 25.8. The third-order valence-electron chi connectivity index (χ3n) is 7.14. The van der Waals surface area contributed by atoms with Crippen LogP contribution < -0.4 is 10.1 Å². The smallest absolute Gasteiger partial charge is 0.226 e. The lowest BCUT2D eigenvalue weighted by atomic mass is 9.73. The Labute approximate surface area is 217 Å². The summed E-state index contributed by atoms with van der Waals surface area (Å²) in [6.45, 7) is 6.82. The molecule has 0 amide bonds. The second-order valence-corrected chi connectivity index (χ2v) is 10.7. The standard InChI is InChI=1S/C31H30N4O2/c1-20-10-7-8-15-24(20)29-33-30-32-25-17-31(2,3)18-26(36)27(25)28(35(30)34-29)22-13-9-14-23(16-22)37-19-21-11-5-4-6-12-21/h4-16,28H,17-19H2,1-3H3,(H,32,33,34). The molecule has 1 aliphatic heterocycles. The van der Waals surface area contributed by atoms with Gasteiger partial charge in [-0.05, 0) is 47.6 Å². The molecule has 1 N–H and O–H groups in total. The molecule has 37 heavy (non-hydrogen) atoms. The highest BCUT2D eigenvalue weighted by Crippen LogP contribution is 2.46. The van der Waals surface area contributed by atoms with Crippen LogP contribution in [0.5, 0.6) is 5.75 Å². The molecule has 2 heterocycles. The number of carbonyl (C=O) groups is 1. The molecule has 6 rings (SSSR count). The molecule has 0 spiro atoms. The van der Waals surface area contributed by atoms with Gasteiger partial charge in [0.1, 0.15) is 18.4 Å². The maximum atomic E-state index is 13.6. The predicted molar refractivity (Wildman–Crippen MR) is 144 cm³/mol. The third kappa shape index (κ3) is 4.44. The molecule has 6 nitrogen and oxygen atoms in total. The van der Waals surface area contributed by atoms with Crippen LogP contribution in [0.25, 0.3) is 11.4 Å². The maximum absolute atomic E-state index is 13.6. The molecule has 0 saturated heterocycles. The van der Waals surface area contributed by atoms with Gasteiger partial charge in [0.2, 0.25) is 5.95 Å². The summed E-state index contributed by atoms with van der Waals surface area (Å²) in [4.78, 5) is 18.5. The number of allylic oxidation sites excluding steroid dienone is 2. The molecule has 6 heteroatoms. The Morgan fingerprint density at radius 3 is 2.59 bits per heavy atom. The Bertz CT molecular complexity index is 1520. The van der Waals surface area contributed by atoms with E-state index in [4.69, 9.17) is 14.8 Å². The van der Waals surface area contributed by atoms with Crippen LogP contribution in [0.2, 0.25) is 0 Å². The van der Waals surface area contributed by atoms with Crippen LogP contribution in [0.15, 0.2) is 90.1 Å². The molecule has 186 valence electrons. The van der Waals surface area contributed by atoms with Gasteiger partial charge in [-0.2, -0.15) is 4.98 Å². The van der Waals surface area contributed by atoms with Gasteiger partial charge in [-0.25, -0.2) is 4.68 Å². The van der Waals surface area contributed by atoms with E-state index in [1.807, 2.05) is 77.5 Å². The zero-order valence-corrected chi connectivity index (χ0v) is 21.4. The lowest BCUT2D eigenvalue weighted by molar-refractivity contribution is -0.118. The van der Waals surface area contributed by atoms with Gasteiger partial charge in [0, 0.05) is 23.3 Å². The fourth-order valence-corrected chi connectivity index (χ4v) is 5.37. The summed E-state index contributed by atoms with van der Waals surface area (Å²) in [7, 11) is 0. The third-order valence-corrected chi connectivity index (χ3v) is 7.14. The van der Waals surface area contributed by atoms with Crippen LogP contribution in [0, 0.1) is 12.3 Å². The van der Waals surface area contributed by atoms with E-state index in [9.17, 15) is 4.79 Å². The van der Waals surface area contributed by atoms with Crippen LogP contribution in [-0.4, -0.2) is 20.5 Å². The lowest BCUT2D eigenvalue weighted by Crippen LogP contribution is -2.36. The normalized spacial score (nSPS) is 18.1. The van der Waals surface area contributed by atoms with Crippen LogP contribution >= 0.6 is 0 Å². The maximum Gasteiger partial charge on any atom is 0.226 e. The molecular formula is C31H30N4O2. The van der Waals surface area contributed by atoms with Gasteiger partial charge in [-0.3, -0.25) is 4.79 Å². The molecule has 0 bridgehead atoms. The summed E-state index contributed by atoms with van der Waals surface area (Å²) in [5.41, 5.74) is 5.74. The van der Waals surface area contributed by atoms with Gasteiger partial charge in [0.15, 0.2) is 11.6 Å². The van der Waals surface area contributed by atoms with E-state index in [0.717, 1.165) is 45.7 Å². The van der Waals surface area contributed by atoms with Gasteiger partial charge < -0.3 is 10.1 Å². The molecule has 1 atom stereocenters. The minimum absolute atomic E-state index is 0.116. The lowest BCUT2D eigenvalue weighted by Gasteiger charge is -2.38. The molecule has 1 aromatic heterocycles. The van der Waals surface area contributed by atoms with Crippen molar-refractivity contribution in [1.82, 2.24) is 14.8 Å². The first kappa shape index (κ1) is 23.2. The topological polar surface area (TPSA) is 69.0 Å². The highest BCUT2D eigenvalue weighted by Gasteiger charge is 2.42. The monoisotopic (exact) mass is 490 g/mol. The number of aromatic nitrogens is 3. The molecule has 0 saturated carbocycles. The summed E-state index contributed by atoms with van der Waals surface area (Å²) >= 11 is 0. The summed E-state index contributed by atoms with van der Waals surface area (Å²) in [6.07, 6.45) is 1.28. The second-order valence-electron chi connectivity index (χ2n) is 10.7. The molecule has 4 aromatic rings. The average molecular weight is 491 g/mol. The van der Waals surface area contributed by atoms with Crippen molar-refractivity contribution in [1.29, 1.82) is 0 Å². The van der Waals surface area contributed by atoms with E-state index >= 15 is 0 Å². The molecular weight excluding hydrogens is 460 g/mol. The van der Waals surface area contributed by atoms with E-state index < -0.39 is 0 Å². The summed E-state index contributed by atoms with van der Waals surface area (Å²) in [5.74, 6) is 2.21. The van der Waals surface area contributed by atoms with Gasteiger partial charge >= 0.3 is 0 Å². The molecule has 1 aliphatic carbocycles. The number of benzene rings is 3. The zero-order valence-electron chi connectivity index (χ0n) is 21.4. The highest BCUT2D eigenvalue weighted by atomic mass is 16.5. The van der Waals surface area contributed by atoms with Crippen LogP contribution in [0.1, 0.15) is 49.4 Å². The number of nitrogens with one attached hydrogen (secondary N) is 1. The van der Waals surface area contributed by atoms with Crippen molar-refractivity contribution in [2.45, 2.75) is 46.3 Å². The Hall–Kier alpha value is -4.19. The fourth-order valence-electron chi connectivity index (χ4n) is 5.37. The van der Waals surface area contributed by atoms with E-state index in [1.165, 1.54) is 0 Å². The van der Waals surface area contributed by atoms with Crippen LogP contribution in [0.3, 0.4) is 0 Å². The van der Waals surface area contributed by atoms with Crippen molar-refractivity contribution in [2.75, 3.05) is 5.32 Å². The quantitative estimate of drug-likeness (QED) is 0.346. The summed E-state index contributed by atoms with van der Waals surface area (Å²) in [5, 5.41) is 8.41. The largest absolute Gasteiger partial charge is 0.489 e. The number of Topliss-reactive ketones (excluding diaryl/α,β-unsaturated/α-hetero) is 1. The predicted octanol–water partition coefficient (Wildman–Crippen LogP) is 6.49. The number of carbonyl (C=O) groups excluding carboxylic acids is 1. The number of ketones is 1. The molecule has 1 unspecified atom stereocenters. The molecule has 3 aromatic carbocycles. The minimum atomic E-state index is -0.375. The number of nitrogens with zero attached hydrogens (tertiary/aromatic N) is 3. The first-order valence-corrected chi connectivity index (χ1v) is 12.7. The number of hydrogen-bond acceptors (Lipinski definition) is 5. The van der Waals surface area contributed by atoms with Crippen molar-refractivity contribution in [3.63, 3.8) is 0 Å². The van der Waals surface area contributed by atoms with E-state index in [1.54, 1.807) is 0 Å². The highest BCUT2D eigenvalue weighted by molar-refractivity contribution is 6.00. The zero-order chi connectivity index (χ0) is 25.6. The van der Waals surface area contributed by atoms with Crippen molar-refractivity contribution >= 4 is 11.7 Å². The molecule has 0 fully saturated rings. The number of hydrogen-bond donors (Lipinski definition) is 1. The number of aryl methyl sites for hydroxylation is 1. The Balaban J connectivity index is 1.43. The SMILES string of the molecule is Cc1ccccc1-c1nc2n(n1)C(c1cccc(OCc3ccccc3)c1)C1=C(CC(C)(C)CC1=O)N2. The minimum Gasteiger partial charge on any atom is -0.489 e. The number of fused-ring (bicyclic) bond motifs is 1. The Morgan fingerprint density at radius 1 is 1.00 bits per heavy atom. The van der Waals surface area contributed by atoms with Crippen molar-refractivity contribution in [2.24, 2.45) is 5.41 Å². The molecule has 0 radical (unpaired) electrons. The fraction of sp³-hybridized carbons (Fsp3) is 0.258. The Kier molecular flexibility index (Phi) is 5.67. The number of ether oxygens (including phenoxy) is 1. The van der Waals surface area contributed by atoms with Gasteiger partial charge in [-0.15, -0.1) is 5.10 Å². The van der Waals surface area contributed by atoms with E-state index in [0.29, 0.717) is 24.8 Å². The van der Waals surface area contributed by atoms with Gasteiger partial charge in [0.25, 0.3) is 0 Å². The van der Waals surface area contributed by atoms with E-state index in [-0.39, 0.29) is 17.2 Å². The number of anilines is 1. The first-order chi connectivity index (χ1) is 17.9. The van der Waals surface area contributed by atoms with Crippen molar-refractivity contribution in [3.05, 3.63) is 107 Å². The average Bonchev–Trinajstić information content (AvgIpc) is 3.30. The van der Waals surface area contributed by atoms with Crippen LogP contribution in [-0.2, 0) is 11.4 Å². The van der Waals surface area contributed by atoms with Crippen LogP contribution in [0.4, 0.5) is 5.95 Å². The molecule has 2 aliphatic rings.